The fraction of sp³-hybridized carbons (Fsp3) is 0.250. The Morgan fingerprint density at radius 3 is 2.63 bits per heavy atom. The second-order valence-corrected chi connectivity index (χ2v) is 12.3. The number of allylic oxidation sites excluding steroid dienone is 3. The first-order chi connectivity index (χ1) is 20.5. The highest BCUT2D eigenvalue weighted by atomic mass is 35.5. The van der Waals surface area contributed by atoms with Crippen molar-refractivity contribution >= 4 is 52.1 Å². The van der Waals surface area contributed by atoms with Crippen LogP contribution in [0.4, 0.5) is 11.4 Å². The third-order valence-corrected chi connectivity index (χ3v) is 9.60. The van der Waals surface area contributed by atoms with Crippen molar-refractivity contribution in [1.82, 2.24) is 0 Å². The zero-order chi connectivity index (χ0) is 31.0. The zero-order valence-electron chi connectivity index (χ0n) is 23.7. The third-order valence-electron chi connectivity index (χ3n) is 7.82. The molecule has 0 saturated heterocycles. The molecule has 0 bridgehead atoms. The highest BCUT2D eigenvalue weighted by Gasteiger charge is 2.42. The van der Waals surface area contributed by atoms with Crippen molar-refractivity contribution in [3.8, 4) is 11.8 Å². The topological polar surface area (TPSA) is 122 Å². The van der Waals surface area contributed by atoms with Gasteiger partial charge in [0, 0.05) is 33.4 Å². The van der Waals surface area contributed by atoms with Gasteiger partial charge in [0.1, 0.15) is 17.3 Å². The summed E-state index contributed by atoms with van der Waals surface area (Å²) in [5, 5.41) is 23.8. The first-order valence-corrected chi connectivity index (χ1v) is 15.3. The summed E-state index contributed by atoms with van der Waals surface area (Å²) in [5.41, 5.74) is 11.6. The summed E-state index contributed by atoms with van der Waals surface area (Å²) in [7, 11) is 1.42. The quantitative estimate of drug-likeness (QED) is 0.157. The molecule has 0 radical (unpaired) electrons. The Kier molecular flexibility index (Phi) is 8.74. The van der Waals surface area contributed by atoms with Gasteiger partial charge in [-0.25, -0.2) is 0 Å². The lowest BCUT2D eigenvalue weighted by Crippen LogP contribution is -2.39. The summed E-state index contributed by atoms with van der Waals surface area (Å²) in [6.45, 7) is 3.94. The van der Waals surface area contributed by atoms with Crippen molar-refractivity contribution < 1.29 is 14.5 Å². The average Bonchev–Trinajstić information content (AvgIpc) is 2.98. The van der Waals surface area contributed by atoms with Crippen LogP contribution in [0, 0.1) is 35.3 Å². The van der Waals surface area contributed by atoms with Gasteiger partial charge in [-0.15, -0.1) is 11.8 Å². The van der Waals surface area contributed by atoms with Crippen LogP contribution in [0.5, 0.6) is 5.75 Å². The molecule has 2 N–H and O–H groups in total. The molecule has 0 spiro atoms. The number of hydrogen-bond acceptors (Lipinski definition) is 8. The molecule has 11 heteroatoms. The molecule has 43 heavy (non-hydrogen) atoms. The molecule has 220 valence electrons. The molecule has 3 aromatic carbocycles. The number of nitriles is 1. The maximum absolute atomic E-state index is 13.7. The maximum atomic E-state index is 13.7. The summed E-state index contributed by atoms with van der Waals surface area (Å²) in [6, 6.07) is 16.1. The van der Waals surface area contributed by atoms with E-state index in [0.717, 1.165) is 27.1 Å². The molecule has 5 rings (SSSR count). The van der Waals surface area contributed by atoms with Gasteiger partial charge in [-0.05, 0) is 73.7 Å². The van der Waals surface area contributed by atoms with E-state index in [1.54, 1.807) is 30.0 Å². The maximum Gasteiger partial charge on any atom is 0.296 e. The number of Topliss-reactive ketones (excluding diaryl/α,β-unsaturated/α-hetero) is 1. The van der Waals surface area contributed by atoms with Gasteiger partial charge in [-0.3, -0.25) is 19.8 Å². The van der Waals surface area contributed by atoms with Crippen LogP contribution in [0.15, 0.2) is 76.1 Å². The molecule has 0 saturated carbocycles. The molecule has 0 amide bonds. The van der Waals surface area contributed by atoms with E-state index in [1.165, 1.54) is 24.1 Å². The van der Waals surface area contributed by atoms with Crippen molar-refractivity contribution in [3.05, 3.63) is 114 Å². The second kappa shape index (κ2) is 12.3. The van der Waals surface area contributed by atoms with E-state index in [9.17, 15) is 20.2 Å². The highest BCUT2D eigenvalue weighted by Crippen LogP contribution is 2.49. The second-order valence-electron chi connectivity index (χ2n) is 10.4. The van der Waals surface area contributed by atoms with E-state index in [1.807, 2.05) is 26.0 Å². The Balaban J connectivity index is 1.67. The normalized spacial score (nSPS) is 16.7. The number of benzene rings is 3. The number of hydrogen-bond donors (Lipinski definition) is 1. The van der Waals surface area contributed by atoms with Gasteiger partial charge in [0.2, 0.25) is 0 Å². The molecule has 0 fully saturated rings. The summed E-state index contributed by atoms with van der Waals surface area (Å²) < 4.78 is 5.21. The van der Waals surface area contributed by atoms with Gasteiger partial charge in [0.25, 0.3) is 5.69 Å². The molecule has 1 aliphatic carbocycles. The average molecular weight is 636 g/mol. The monoisotopic (exact) mass is 634 g/mol. The molecule has 0 aromatic heterocycles. The lowest BCUT2D eigenvalue weighted by Gasteiger charge is -2.40. The van der Waals surface area contributed by atoms with Crippen molar-refractivity contribution in [3.63, 3.8) is 0 Å². The van der Waals surface area contributed by atoms with Crippen LogP contribution in [-0.4, -0.2) is 17.8 Å². The molecule has 8 nitrogen and oxygen atoms in total. The predicted octanol–water partition coefficient (Wildman–Crippen LogP) is 8.12. The minimum absolute atomic E-state index is 0.0664. The Labute approximate surface area is 263 Å². The predicted molar refractivity (Wildman–Crippen MR) is 170 cm³/mol. The van der Waals surface area contributed by atoms with Gasteiger partial charge >= 0.3 is 0 Å². The number of aryl methyl sites for hydroxylation is 1. The fourth-order valence-corrected chi connectivity index (χ4v) is 7.34. The zero-order valence-corrected chi connectivity index (χ0v) is 26.1. The minimum Gasteiger partial charge on any atom is -0.496 e. The molecular formula is C32H28Cl2N4O4S. The number of anilines is 1. The number of thioether (sulfide) groups is 1. The van der Waals surface area contributed by atoms with Crippen molar-refractivity contribution in [2.45, 2.75) is 49.7 Å². The van der Waals surface area contributed by atoms with Crippen molar-refractivity contribution in [2.75, 3.05) is 12.0 Å². The molecule has 2 aliphatic rings. The van der Waals surface area contributed by atoms with Gasteiger partial charge < -0.3 is 10.5 Å². The Morgan fingerprint density at radius 2 is 1.93 bits per heavy atom. The number of ketones is 1. The summed E-state index contributed by atoms with van der Waals surface area (Å²) >= 11 is 14.2. The van der Waals surface area contributed by atoms with Crippen LogP contribution < -0.4 is 15.4 Å². The Morgan fingerprint density at radius 1 is 1.16 bits per heavy atom. The number of ether oxygens (including phenoxy) is 1. The number of carbonyl (C=O) groups excluding carboxylic acids is 1. The van der Waals surface area contributed by atoms with Crippen LogP contribution >= 0.6 is 35.0 Å². The molecule has 1 aliphatic heterocycles. The number of nitrogens with two attached hydrogens (primary N) is 1. The number of nitro benzene ring substituents is 1. The number of nitrogens with zero attached hydrogens (tertiary/aromatic N) is 3. The van der Waals surface area contributed by atoms with Crippen LogP contribution in [0.1, 0.15) is 47.4 Å². The standard InChI is InChI=1S/C32H28Cl2N4O4S/c1-17-11-19(16-43-29-13-20(33)7-9-24(29)34)18(2)22(12-17)30-23(15-35)32(36)37(26-5-4-6-28(39)31(26)30)25-10-8-21(42-3)14-27(25)38(40)41/h7-14,30H,4-6,16,36H2,1-3H3. The SMILES string of the molecule is COc1ccc(N2C(N)=C(C#N)C(c3cc(C)cc(CSc4cc(Cl)ccc4Cl)c3C)C3=C2CCCC3=O)c([N+](=O)[O-])c1. The molecule has 1 unspecified atom stereocenters. The summed E-state index contributed by atoms with van der Waals surface area (Å²) in [5.74, 6) is 0.146. The number of carbonyl (C=O) groups is 1. The van der Waals surface area contributed by atoms with Crippen LogP contribution in [0.3, 0.4) is 0 Å². The summed E-state index contributed by atoms with van der Waals surface area (Å²) in [4.78, 5) is 27.7. The largest absolute Gasteiger partial charge is 0.496 e. The molecule has 3 aromatic rings. The van der Waals surface area contributed by atoms with Gasteiger partial charge in [-0.1, -0.05) is 40.9 Å². The van der Waals surface area contributed by atoms with Gasteiger partial charge in [0.15, 0.2) is 5.78 Å². The fourth-order valence-electron chi connectivity index (χ4n) is 5.79. The number of halogens is 2. The lowest BCUT2D eigenvalue weighted by atomic mass is 9.73. The van der Waals surface area contributed by atoms with Crippen LogP contribution in [0.2, 0.25) is 10.0 Å². The first-order valence-electron chi connectivity index (χ1n) is 13.5. The van der Waals surface area contributed by atoms with Crippen molar-refractivity contribution in [1.29, 1.82) is 5.26 Å². The molecule has 1 heterocycles. The van der Waals surface area contributed by atoms with E-state index < -0.39 is 10.8 Å². The van der Waals surface area contributed by atoms with Crippen molar-refractivity contribution in [2.24, 2.45) is 5.73 Å². The third kappa shape index (κ3) is 5.70. The van der Waals surface area contributed by atoms with E-state index in [4.69, 9.17) is 33.7 Å². The number of nitro groups is 1. The Hall–Kier alpha value is -3.97. The first kappa shape index (κ1) is 30.5. The Bertz CT molecular complexity index is 1780. The van der Waals surface area contributed by atoms with Crippen LogP contribution in [-0.2, 0) is 10.5 Å². The lowest BCUT2D eigenvalue weighted by molar-refractivity contribution is -0.384. The molecule has 1 atom stereocenters. The van der Waals surface area contributed by atoms with E-state index >= 15 is 0 Å². The smallest absolute Gasteiger partial charge is 0.296 e. The highest BCUT2D eigenvalue weighted by molar-refractivity contribution is 7.98. The minimum atomic E-state index is -0.709. The molecular weight excluding hydrogens is 607 g/mol. The van der Waals surface area contributed by atoms with Gasteiger partial charge in [0.05, 0.1) is 40.7 Å². The number of methoxy groups -OCH3 is 1. The van der Waals surface area contributed by atoms with Crippen LogP contribution in [0.25, 0.3) is 0 Å². The van der Waals surface area contributed by atoms with E-state index in [0.29, 0.717) is 52.1 Å². The van der Waals surface area contributed by atoms with E-state index in [2.05, 4.69) is 12.1 Å². The van der Waals surface area contributed by atoms with E-state index in [-0.39, 0.29) is 28.6 Å². The summed E-state index contributed by atoms with van der Waals surface area (Å²) in [6.07, 6.45) is 1.35. The number of rotatable bonds is 7. The van der Waals surface area contributed by atoms with Gasteiger partial charge in [-0.2, -0.15) is 5.26 Å².